The SMILES string of the molecule is COc1ccc(C(O)c2ccccc2C=C(C)C)cc1Cc1cccc2ccccc12. The number of rotatable bonds is 6. The van der Waals surface area contributed by atoms with Crippen LogP contribution in [-0.2, 0) is 6.42 Å². The minimum atomic E-state index is -0.705. The van der Waals surface area contributed by atoms with Crippen molar-refractivity contribution in [2.24, 2.45) is 0 Å². The average molecular weight is 409 g/mol. The third kappa shape index (κ3) is 4.55. The van der Waals surface area contributed by atoms with Gasteiger partial charge in [0.15, 0.2) is 0 Å². The maximum Gasteiger partial charge on any atom is 0.122 e. The van der Waals surface area contributed by atoms with Gasteiger partial charge in [0.2, 0.25) is 0 Å². The molecule has 0 saturated heterocycles. The zero-order valence-electron chi connectivity index (χ0n) is 18.3. The topological polar surface area (TPSA) is 29.5 Å². The first-order valence-corrected chi connectivity index (χ1v) is 10.6. The van der Waals surface area contributed by atoms with Gasteiger partial charge < -0.3 is 9.84 Å². The maximum absolute atomic E-state index is 11.2. The lowest BCUT2D eigenvalue weighted by atomic mass is 9.92. The molecule has 0 spiro atoms. The van der Waals surface area contributed by atoms with Crippen LogP contribution < -0.4 is 4.74 Å². The van der Waals surface area contributed by atoms with E-state index in [0.29, 0.717) is 0 Å². The van der Waals surface area contributed by atoms with E-state index in [1.165, 1.54) is 21.9 Å². The van der Waals surface area contributed by atoms with Crippen molar-refractivity contribution in [3.05, 3.63) is 118 Å². The first-order valence-electron chi connectivity index (χ1n) is 10.6. The van der Waals surface area contributed by atoms with Crippen LogP contribution in [-0.4, -0.2) is 12.2 Å². The highest BCUT2D eigenvalue weighted by atomic mass is 16.5. The second kappa shape index (κ2) is 9.20. The second-order valence-corrected chi connectivity index (χ2v) is 8.14. The van der Waals surface area contributed by atoms with Crippen molar-refractivity contribution < 1.29 is 9.84 Å². The molecule has 0 radical (unpaired) electrons. The molecule has 0 aliphatic rings. The van der Waals surface area contributed by atoms with E-state index < -0.39 is 6.10 Å². The Morgan fingerprint density at radius 3 is 2.42 bits per heavy atom. The van der Waals surface area contributed by atoms with E-state index in [0.717, 1.165) is 34.4 Å². The number of allylic oxidation sites excluding steroid dienone is 1. The van der Waals surface area contributed by atoms with Crippen LogP contribution in [0.4, 0.5) is 0 Å². The molecule has 1 atom stereocenters. The summed E-state index contributed by atoms with van der Waals surface area (Å²) in [6.07, 6.45) is 2.14. The highest BCUT2D eigenvalue weighted by Crippen LogP contribution is 2.32. The first kappa shape index (κ1) is 20.9. The van der Waals surface area contributed by atoms with Gasteiger partial charge >= 0.3 is 0 Å². The highest BCUT2D eigenvalue weighted by molar-refractivity contribution is 5.86. The largest absolute Gasteiger partial charge is 0.496 e. The van der Waals surface area contributed by atoms with E-state index in [1.54, 1.807) is 7.11 Å². The third-order valence-corrected chi connectivity index (χ3v) is 5.62. The monoisotopic (exact) mass is 408 g/mol. The molecule has 4 rings (SSSR count). The van der Waals surface area contributed by atoms with Gasteiger partial charge in [-0.2, -0.15) is 0 Å². The van der Waals surface area contributed by atoms with Crippen molar-refractivity contribution in [2.45, 2.75) is 26.4 Å². The molecule has 2 nitrogen and oxygen atoms in total. The van der Waals surface area contributed by atoms with Gasteiger partial charge in [-0.1, -0.05) is 84.4 Å². The van der Waals surface area contributed by atoms with Crippen molar-refractivity contribution in [2.75, 3.05) is 7.11 Å². The molecule has 1 N–H and O–H groups in total. The molecule has 0 aliphatic heterocycles. The molecule has 0 aromatic heterocycles. The molecule has 2 heteroatoms. The zero-order chi connectivity index (χ0) is 21.8. The summed E-state index contributed by atoms with van der Waals surface area (Å²) in [5.74, 6) is 0.835. The number of benzene rings is 4. The summed E-state index contributed by atoms with van der Waals surface area (Å²) in [5.41, 5.74) is 6.33. The lowest BCUT2D eigenvalue weighted by Crippen LogP contribution is -2.04. The number of ether oxygens (including phenoxy) is 1. The minimum Gasteiger partial charge on any atom is -0.496 e. The van der Waals surface area contributed by atoms with Crippen LogP contribution >= 0.6 is 0 Å². The normalized spacial score (nSPS) is 11.9. The maximum atomic E-state index is 11.2. The Morgan fingerprint density at radius 1 is 0.871 bits per heavy atom. The Morgan fingerprint density at radius 2 is 1.61 bits per heavy atom. The van der Waals surface area contributed by atoms with Crippen molar-refractivity contribution >= 4 is 16.8 Å². The molecule has 0 amide bonds. The van der Waals surface area contributed by atoms with E-state index in [1.807, 2.05) is 36.4 Å². The third-order valence-electron chi connectivity index (χ3n) is 5.62. The van der Waals surface area contributed by atoms with E-state index in [2.05, 4.69) is 68.5 Å². The summed E-state index contributed by atoms with van der Waals surface area (Å²) in [4.78, 5) is 0. The standard InChI is InChI=1S/C29H28O2/c1-20(2)17-22-10-5-7-14-27(22)29(30)24-15-16-28(31-3)25(19-24)18-23-12-8-11-21-9-4-6-13-26(21)23/h4-17,19,29-30H,18H2,1-3H3. The van der Waals surface area contributed by atoms with E-state index in [9.17, 15) is 5.11 Å². The highest BCUT2D eigenvalue weighted by Gasteiger charge is 2.16. The fourth-order valence-electron chi connectivity index (χ4n) is 4.14. The van der Waals surface area contributed by atoms with Gasteiger partial charge in [-0.3, -0.25) is 0 Å². The Balaban J connectivity index is 1.74. The van der Waals surface area contributed by atoms with Gasteiger partial charge in [0.05, 0.1) is 7.11 Å². The minimum absolute atomic E-state index is 0.705. The zero-order valence-corrected chi connectivity index (χ0v) is 18.3. The molecule has 4 aromatic carbocycles. The van der Waals surface area contributed by atoms with Gasteiger partial charge in [0, 0.05) is 6.42 Å². The van der Waals surface area contributed by atoms with Gasteiger partial charge in [0.25, 0.3) is 0 Å². The van der Waals surface area contributed by atoms with Crippen LogP contribution in [0.5, 0.6) is 5.75 Å². The first-order chi connectivity index (χ1) is 15.1. The molecule has 0 heterocycles. The van der Waals surface area contributed by atoms with Gasteiger partial charge in [0.1, 0.15) is 11.9 Å². The summed E-state index contributed by atoms with van der Waals surface area (Å²) in [5, 5.41) is 13.7. The molecule has 0 bridgehead atoms. The summed E-state index contributed by atoms with van der Waals surface area (Å²) < 4.78 is 5.66. The fourth-order valence-corrected chi connectivity index (χ4v) is 4.14. The predicted molar refractivity (Wildman–Crippen MR) is 130 cm³/mol. The fraction of sp³-hybridized carbons (Fsp3) is 0.172. The van der Waals surface area contributed by atoms with E-state index >= 15 is 0 Å². The summed E-state index contributed by atoms with van der Waals surface area (Å²) in [6.45, 7) is 4.14. The van der Waals surface area contributed by atoms with Crippen LogP contribution in [0.25, 0.3) is 16.8 Å². The van der Waals surface area contributed by atoms with Crippen LogP contribution in [0, 0.1) is 0 Å². The van der Waals surface area contributed by atoms with Gasteiger partial charge in [-0.05, 0) is 64.6 Å². The Hall–Kier alpha value is -3.36. The molecule has 31 heavy (non-hydrogen) atoms. The van der Waals surface area contributed by atoms with Crippen LogP contribution in [0.1, 0.15) is 47.8 Å². The van der Waals surface area contributed by atoms with Crippen LogP contribution in [0.2, 0.25) is 0 Å². The molecule has 1 unspecified atom stereocenters. The van der Waals surface area contributed by atoms with Crippen molar-refractivity contribution in [1.29, 1.82) is 0 Å². The molecular weight excluding hydrogens is 380 g/mol. The number of aliphatic hydroxyl groups is 1. The smallest absolute Gasteiger partial charge is 0.122 e. The lowest BCUT2D eigenvalue weighted by molar-refractivity contribution is 0.220. The van der Waals surface area contributed by atoms with Crippen molar-refractivity contribution in [3.8, 4) is 5.75 Å². The van der Waals surface area contributed by atoms with Gasteiger partial charge in [-0.15, -0.1) is 0 Å². The van der Waals surface area contributed by atoms with E-state index in [-0.39, 0.29) is 0 Å². The number of hydrogen-bond donors (Lipinski definition) is 1. The summed E-state index contributed by atoms with van der Waals surface area (Å²) in [6, 6.07) is 28.8. The number of fused-ring (bicyclic) bond motifs is 1. The number of methoxy groups -OCH3 is 1. The van der Waals surface area contributed by atoms with Crippen LogP contribution in [0.3, 0.4) is 0 Å². The molecule has 0 aliphatic carbocycles. The molecule has 0 saturated carbocycles. The summed E-state index contributed by atoms with van der Waals surface area (Å²) >= 11 is 0. The van der Waals surface area contributed by atoms with Crippen LogP contribution in [0.15, 0.2) is 90.5 Å². The Bertz CT molecular complexity index is 1230. The summed E-state index contributed by atoms with van der Waals surface area (Å²) in [7, 11) is 1.70. The average Bonchev–Trinajstić information content (AvgIpc) is 2.79. The molecule has 0 fully saturated rings. The van der Waals surface area contributed by atoms with Crippen molar-refractivity contribution in [3.63, 3.8) is 0 Å². The molecule has 4 aromatic rings. The Labute approximate surface area is 184 Å². The quantitative estimate of drug-likeness (QED) is 0.374. The predicted octanol–water partition coefficient (Wildman–Crippen LogP) is 6.94. The molecule has 156 valence electrons. The van der Waals surface area contributed by atoms with Crippen molar-refractivity contribution in [1.82, 2.24) is 0 Å². The molecular formula is C29H28O2. The number of hydrogen-bond acceptors (Lipinski definition) is 2. The second-order valence-electron chi connectivity index (χ2n) is 8.14. The van der Waals surface area contributed by atoms with E-state index in [4.69, 9.17) is 4.74 Å². The lowest BCUT2D eigenvalue weighted by Gasteiger charge is -2.18. The van der Waals surface area contributed by atoms with Gasteiger partial charge in [-0.25, -0.2) is 0 Å². The Kier molecular flexibility index (Phi) is 6.20. The number of aliphatic hydroxyl groups excluding tert-OH is 1.